The molecule has 1 aromatic rings. The minimum absolute atomic E-state index is 0.0512. The third-order valence-electron chi connectivity index (χ3n) is 4.35. The number of benzene rings is 1. The van der Waals surface area contributed by atoms with E-state index in [2.05, 4.69) is 16.7 Å². The summed E-state index contributed by atoms with van der Waals surface area (Å²) in [6.07, 6.45) is -4.26. The number of hydrogen-bond donors (Lipinski definition) is 0. The van der Waals surface area contributed by atoms with Crippen LogP contribution >= 0.6 is 0 Å². The number of hydrogen-bond acceptors (Lipinski definition) is 3. The SMILES string of the molecule is CC1(CN2CCN(Cc3ccc(C(F)(F)F)cc3)CC2)CO1. The van der Waals surface area contributed by atoms with Crippen LogP contribution in [0, 0.1) is 0 Å². The van der Waals surface area contributed by atoms with Crippen molar-refractivity contribution in [2.24, 2.45) is 0 Å². The Morgan fingerprint density at radius 3 is 2.09 bits per heavy atom. The van der Waals surface area contributed by atoms with E-state index in [1.165, 1.54) is 0 Å². The molecule has 2 heterocycles. The van der Waals surface area contributed by atoms with Crippen LogP contribution in [0.5, 0.6) is 0 Å². The van der Waals surface area contributed by atoms with Crippen LogP contribution in [-0.2, 0) is 17.5 Å². The molecule has 122 valence electrons. The molecule has 2 fully saturated rings. The Morgan fingerprint density at radius 2 is 1.59 bits per heavy atom. The summed E-state index contributed by atoms with van der Waals surface area (Å²) in [6, 6.07) is 5.48. The zero-order valence-corrected chi connectivity index (χ0v) is 12.7. The molecule has 1 aromatic carbocycles. The molecule has 2 aliphatic rings. The van der Waals surface area contributed by atoms with Crippen LogP contribution in [0.1, 0.15) is 18.1 Å². The van der Waals surface area contributed by atoms with Gasteiger partial charge < -0.3 is 4.74 Å². The molecule has 3 nitrogen and oxygen atoms in total. The fraction of sp³-hybridized carbons (Fsp3) is 0.625. The van der Waals surface area contributed by atoms with E-state index in [0.717, 1.165) is 57.0 Å². The summed E-state index contributed by atoms with van der Waals surface area (Å²) in [5, 5.41) is 0. The summed E-state index contributed by atoms with van der Waals surface area (Å²) >= 11 is 0. The summed E-state index contributed by atoms with van der Waals surface area (Å²) in [4.78, 5) is 4.69. The van der Waals surface area contributed by atoms with Gasteiger partial charge in [0.05, 0.1) is 12.2 Å². The monoisotopic (exact) mass is 314 g/mol. The lowest BCUT2D eigenvalue weighted by atomic mass is 10.1. The first kappa shape index (κ1) is 15.8. The van der Waals surface area contributed by atoms with Gasteiger partial charge in [-0.1, -0.05) is 12.1 Å². The topological polar surface area (TPSA) is 19.0 Å². The van der Waals surface area contributed by atoms with Crippen LogP contribution in [0.3, 0.4) is 0 Å². The van der Waals surface area contributed by atoms with Crippen LogP contribution in [0.15, 0.2) is 24.3 Å². The molecule has 0 amide bonds. The smallest absolute Gasteiger partial charge is 0.369 e. The fourth-order valence-electron chi connectivity index (χ4n) is 2.85. The summed E-state index contributed by atoms with van der Waals surface area (Å²) in [5.74, 6) is 0. The second-order valence-electron chi connectivity index (χ2n) is 6.49. The number of nitrogens with zero attached hydrogens (tertiary/aromatic N) is 2. The molecular formula is C16H21F3N2O. The average Bonchev–Trinajstić information content (AvgIpc) is 3.18. The van der Waals surface area contributed by atoms with Crippen molar-refractivity contribution in [3.63, 3.8) is 0 Å². The van der Waals surface area contributed by atoms with Gasteiger partial charge in [-0.2, -0.15) is 13.2 Å². The second-order valence-corrected chi connectivity index (χ2v) is 6.49. The lowest BCUT2D eigenvalue weighted by molar-refractivity contribution is -0.137. The van der Waals surface area contributed by atoms with Crippen LogP contribution in [0.2, 0.25) is 0 Å². The van der Waals surface area contributed by atoms with E-state index >= 15 is 0 Å². The van der Waals surface area contributed by atoms with E-state index in [4.69, 9.17) is 4.74 Å². The average molecular weight is 314 g/mol. The highest BCUT2D eigenvalue weighted by atomic mass is 19.4. The quantitative estimate of drug-likeness (QED) is 0.796. The predicted molar refractivity (Wildman–Crippen MR) is 77.5 cm³/mol. The zero-order chi connectivity index (χ0) is 15.8. The molecule has 3 rings (SSSR count). The predicted octanol–water partition coefficient (Wildman–Crippen LogP) is 2.61. The Kier molecular flexibility index (Phi) is 4.18. The van der Waals surface area contributed by atoms with Gasteiger partial charge in [0.15, 0.2) is 0 Å². The van der Waals surface area contributed by atoms with E-state index in [1.54, 1.807) is 12.1 Å². The highest BCUT2D eigenvalue weighted by Crippen LogP contribution is 2.29. The van der Waals surface area contributed by atoms with Crippen molar-refractivity contribution >= 4 is 0 Å². The summed E-state index contributed by atoms with van der Waals surface area (Å²) in [7, 11) is 0. The van der Waals surface area contributed by atoms with Gasteiger partial charge in [-0.3, -0.25) is 9.80 Å². The van der Waals surface area contributed by atoms with Gasteiger partial charge in [0, 0.05) is 39.3 Å². The van der Waals surface area contributed by atoms with Gasteiger partial charge >= 0.3 is 6.18 Å². The van der Waals surface area contributed by atoms with E-state index in [1.807, 2.05) is 0 Å². The first-order valence-corrected chi connectivity index (χ1v) is 7.59. The Labute approximate surface area is 128 Å². The summed E-state index contributed by atoms with van der Waals surface area (Å²) in [6.45, 7) is 8.51. The second kappa shape index (κ2) is 5.83. The molecule has 0 N–H and O–H groups in total. The standard InChI is InChI=1S/C16H21F3N2O/c1-15(12-22-15)11-21-8-6-20(7-9-21)10-13-2-4-14(5-3-13)16(17,18)19/h2-5H,6-12H2,1H3. The Morgan fingerprint density at radius 1 is 1.05 bits per heavy atom. The van der Waals surface area contributed by atoms with Crippen molar-refractivity contribution in [3.05, 3.63) is 35.4 Å². The van der Waals surface area contributed by atoms with Crippen molar-refractivity contribution in [2.45, 2.75) is 25.2 Å². The molecule has 0 radical (unpaired) electrons. The molecule has 2 saturated heterocycles. The highest BCUT2D eigenvalue weighted by Gasteiger charge is 2.41. The minimum Gasteiger partial charge on any atom is -0.369 e. The van der Waals surface area contributed by atoms with Crippen LogP contribution in [0.4, 0.5) is 13.2 Å². The molecule has 6 heteroatoms. The van der Waals surface area contributed by atoms with Gasteiger partial charge in [-0.15, -0.1) is 0 Å². The number of rotatable bonds is 4. The molecule has 1 unspecified atom stereocenters. The van der Waals surface area contributed by atoms with E-state index < -0.39 is 11.7 Å². The molecule has 0 aromatic heterocycles. The number of ether oxygens (including phenoxy) is 1. The highest BCUT2D eigenvalue weighted by molar-refractivity contribution is 5.24. The molecular weight excluding hydrogens is 293 g/mol. The van der Waals surface area contributed by atoms with Crippen molar-refractivity contribution in [2.75, 3.05) is 39.3 Å². The normalized spacial score (nSPS) is 27.1. The van der Waals surface area contributed by atoms with Crippen molar-refractivity contribution in [1.29, 1.82) is 0 Å². The third-order valence-corrected chi connectivity index (χ3v) is 4.35. The van der Waals surface area contributed by atoms with Crippen LogP contribution in [-0.4, -0.2) is 54.7 Å². The van der Waals surface area contributed by atoms with Gasteiger partial charge in [0.2, 0.25) is 0 Å². The first-order valence-electron chi connectivity index (χ1n) is 7.59. The van der Waals surface area contributed by atoms with Crippen LogP contribution in [0.25, 0.3) is 0 Å². The van der Waals surface area contributed by atoms with Gasteiger partial charge in [-0.05, 0) is 24.6 Å². The number of epoxide rings is 1. The van der Waals surface area contributed by atoms with Crippen molar-refractivity contribution in [1.82, 2.24) is 9.80 Å². The zero-order valence-electron chi connectivity index (χ0n) is 12.7. The minimum atomic E-state index is -4.26. The Hall–Kier alpha value is -1.11. The fourth-order valence-corrected chi connectivity index (χ4v) is 2.85. The van der Waals surface area contributed by atoms with Crippen molar-refractivity contribution < 1.29 is 17.9 Å². The molecule has 1 atom stereocenters. The largest absolute Gasteiger partial charge is 0.416 e. The maximum atomic E-state index is 12.5. The summed E-state index contributed by atoms with van der Waals surface area (Å²) < 4.78 is 43.0. The Balaban J connectivity index is 1.48. The molecule has 0 saturated carbocycles. The number of halogens is 3. The van der Waals surface area contributed by atoms with E-state index in [-0.39, 0.29) is 5.60 Å². The Bertz CT molecular complexity index is 503. The molecule has 0 spiro atoms. The third kappa shape index (κ3) is 4.00. The lowest BCUT2D eigenvalue weighted by Crippen LogP contribution is -2.48. The van der Waals surface area contributed by atoms with Gasteiger partial charge in [-0.25, -0.2) is 0 Å². The van der Waals surface area contributed by atoms with Crippen LogP contribution < -0.4 is 0 Å². The van der Waals surface area contributed by atoms with Gasteiger partial charge in [0.1, 0.15) is 5.60 Å². The number of piperazine rings is 1. The maximum absolute atomic E-state index is 12.5. The maximum Gasteiger partial charge on any atom is 0.416 e. The molecule has 0 aliphatic carbocycles. The van der Waals surface area contributed by atoms with Gasteiger partial charge in [0.25, 0.3) is 0 Å². The summed E-state index contributed by atoms with van der Waals surface area (Å²) in [5.41, 5.74) is 0.396. The van der Waals surface area contributed by atoms with E-state index in [9.17, 15) is 13.2 Å². The molecule has 22 heavy (non-hydrogen) atoms. The lowest BCUT2D eigenvalue weighted by Gasteiger charge is -2.35. The van der Waals surface area contributed by atoms with Crippen molar-refractivity contribution in [3.8, 4) is 0 Å². The molecule has 0 bridgehead atoms. The first-order chi connectivity index (χ1) is 10.3. The number of alkyl halides is 3. The van der Waals surface area contributed by atoms with E-state index in [0.29, 0.717) is 6.54 Å². The molecule has 2 aliphatic heterocycles.